The zero-order chi connectivity index (χ0) is 73.7. The van der Waals surface area contributed by atoms with Crippen molar-refractivity contribution < 1.29 is 75.8 Å². The third kappa shape index (κ3) is 75.4. The third-order valence-corrected chi connectivity index (χ3v) is 16.7. The number of esters is 3. The van der Waals surface area contributed by atoms with Crippen LogP contribution in [0.4, 0.5) is 0 Å². The number of hydrogen-bond donors (Lipinski definition) is 4. The van der Waals surface area contributed by atoms with E-state index < -0.39 is 91.5 Å². The molecule has 5 unspecified atom stereocenters. The van der Waals surface area contributed by atoms with Crippen molar-refractivity contribution in [2.75, 3.05) is 39.6 Å². The standard InChI is InChI=1S/C83H132O16P2/c1-4-7-10-13-16-19-22-25-28-31-34-36-37-38-39-41-44-45-48-51-54-57-60-63-66-69-81(86)93-72-78(84)73-95-100(89,90)96-74-79(85)75-97-101(91,92)98-77-80(99-83(88)71-68-65-62-59-56-53-50-47-42-33-30-27-24-21-18-15-12-9-6-3)76-94-82(87)70-67-64-61-58-55-52-49-46-43-40-35-32-29-26-23-20-17-14-11-8-5-2/h7-12,16-21,25-30,34-36,38-40,42,44-47,49,55,58,78-80,84-85H,4-6,13-15,22-24,31-33,37,41,43,48,50-54,56-57,59-77H2,1-3H3,(H,89,90)(H,91,92)/b10-7-,11-8-,12-9-,19-16-,20-17-,21-18-,28-25-,29-26-,30-27-,36-34-,39-38-,40-35-,45-44-,47-42-,49-46-,58-55-. The van der Waals surface area contributed by atoms with Gasteiger partial charge in [-0.15, -0.1) is 0 Å². The first-order chi connectivity index (χ1) is 49.2. The Morgan fingerprint density at radius 2 is 0.495 bits per heavy atom. The number of unbranched alkanes of at least 4 members (excludes halogenated alkanes) is 14. The Labute approximate surface area is 610 Å². The highest BCUT2D eigenvalue weighted by atomic mass is 31.2. The lowest BCUT2D eigenvalue weighted by molar-refractivity contribution is -0.161. The summed E-state index contributed by atoms with van der Waals surface area (Å²) in [6.07, 6.45) is 96.1. The molecule has 0 aliphatic carbocycles. The van der Waals surface area contributed by atoms with E-state index in [-0.39, 0.29) is 19.3 Å². The molecule has 0 saturated heterocycles. The molecule has 0 aromatic carbocycles. The summed E-state index contributed by atoms with van der Waals surface area (Å²) in [5.41, 5.74) is 0. The molecular formula is C83H132O16P2. The molecule has 5 atom stereocenters. The van der Waals surface area contributed by atoms with Crippen molar-refractivity contribution in [3.8, 4) is 0 Å². The van der Waals surface area contributed by atoms with E-state index in [4.69, 9.17) is 32.3 Å². The van der Waals surface area contributed by atoms with Crippen LogP contribution in [-0.4, -0.2) is 95.9 Å². The predicted octanol–water partition coefficient (Wildman–Crippen LogP) is 22.0. The third-order valence-electron chi connectivity index (χ3n) is 14.8. The number of aliphatic hydroxyl groups excluding tert-OH is 2. The molecule has 4 N–H and O–H groups in total. The minimum Gasteiger partial charge on any atom is -0.463 e. The zero-order valence-corrected chi connectivity index (χ0v) is 63.8. The molecule has 18 heteroatoms. The van der Waals surface area contributed by atoms with E-state index in [1.807, 2.05) is 0 Å². The van der Waals surface area contributed by atoms with E-state index >= 15 is 0 Å². The van der Waals surface area contributed by atoms with Gasteiger partial charge in [-0.25, -0.2) is 9.13 Å². The molecule has 0 aliphatic rings. The fraction of sp³-hybridized carbons (Fsp3) is 0.578. The Hall–Kier alpha value is -5.61. The molecule has 16 nitrogen and oxygen atoms in total. The number of phosphoric acid groups is 2. The summed E-state index contributed by atoms with van der Waals surface area (Å²) in [5, 5.41) is 20.6. The number of allylic oxidation sites excluding steroid dienone is 32. The number of aliphatic hydroxyl groups is 2. The lowest BCUT2D eigenvalue weighted by Gasteiger charge is -2.21. The number of hydrogen-bond acceptors (Lipinski definition) is 14. The fourth-order valence-electron chi connectivity index (χ4n) is 9.15. The van der Waals surface area contributed by atoms with Crippen molar-refractivity contribution in [3.63, 3.8) is 0 Å². The van der Waals surface area contributed by atoms with Crippen molar-refractivity contribution >= 4 is 33.6 Å². The van der Waals surface area contributed by atoms with Gasteiger partial charge >= 0.3 is 33.6 Å². The first-order valence-electron chi connectivity index (χ1n) is 37.7. The zero-order valence-electron chi connectivity index (χ0n) is 62.0. The SMILES string of the molecule is CC/C=C\C/C=C\C/C=C\C/C=C\C/C=C\C/C=C\CCCCCCCCC(=O)OCC(O)COP(=O)(O)OCC(O)COP(=O)(O)OCC(COC(=O)CCCC/C=C\C/C=C\C/C=C\C/C=C\C/C=C\C/C=C\CC)OC(=O)CCCCCCCC/C=C\C/C=C\C/C=C\C/C=C\CC. The van der Waals surface area contributed by atoms with Crippen LogP contribution in [0, 0.1) is 0 Å². The molecule has 0 radical (unpaired) electrons. The molecule has 0 amide bonds. The molecule has 0 aromatic rings. The molecule has 0 saturated carbocycles. The fourth-order valence-corrected chi connectivity index (χ4v) is 10.7. The van der Waals surface area contributed by atoms with Crippen molar-refractivity contribution in [1.82, 2.24) is 0 Å². The van der Waals surface area contributed by atoms with Gasteiger partial charge in [-0.3, -0.25) is 32.5 Å². The van der Waals surface area contributed by atoms with Crippen molar-refractivity contribution in [3.05, 3.63) is 194 Å². The summed E-state index contributed by atoms with van der Waals surface area (Å²) in [4.78, 5) is 58.6. The molecule has 0 fully saturated rings. The maximum atomic E-state index is 13.0. The second-order valence-electron chi connectivity index (χ2n) is 24.3. The van der Waals surface area contributed by atoms with Gasteiger partial charge in [0.1, 0.15) is 25.4 Å². The maximum absolute atomic E-state index is 13.0. The van der Waals surface area contributed by atoms with Gasteiger partial charge < -0.3 is 34.2 Å². The van der Waals surface area contributed by atoms with Crippen LogP contribution in [0.15, 0.2) is 194 Å². The Bertz CT molecular complexity index is 2620. The van der Waals surface area contributed by atoms with Crippen LogP contribution in [0.2, 0.25) is 0 Å². The van der Waals surface area contributed by atoms with Gasteiger partial charge in [-0.05, 0) is 161 Å². The second-order valence-corrected chi connectivity index (χ2v) is 27.2. The number of phosphoric ester groups is 2. The molecule has 0 bridgehead atoms. The van der Waals surface area contributed by atoms with Crippen molar-refractivity contribution in [1.29, 1.82) is 0 Å². The Morgan fingerprint density at radius 1 is 0.277 bits per heavy atom. The summed E-state index contributed by atoms with van der Waals surface area (Å²) < 4.78 is 61.0. The van der Waals surface area contributed by atoms with Gasteiger partial charge in [-0.1, -0.05) is 267 Å². The molecular weight excluding hydrogens is 1310 g/mol. The highest BCUT2D eigenvalue weighted by molar-refractivity contribution is 7.47. The largest absolute Gasteiger partial charge is 0.472 e. The summed E-state index contributed by atoms with van der Waals surface area (Å²) in [7, 11) is -9.83. The Morgan fingerprint density at radius 3 is 0.802 bits per heavy atom. The molecule has 0 rings (SSSR count). The van der Waals surface area contributed by atoms with Crippen LogP contribution in [0.3, 0.4) is 0 Å². The average Bonchev–Trinajstić information content (AvgIpc) is 0.990. The van der Waals surface area contributed by atoms with Crippen LogP contribution in [0.25, 0.3) is 0 Å². The smallest absolute Gasteiger partial charge is 0.463 e. The molecule has 0 heterocycles. The van der Waals surface area contributed by atoms with Crippen molar-refractivity contribution in [2.45, 2.75) is 270 Å². The maximum Gasteiger partial charge on any atom is 0.472 e. The lowest BCUT2D eigenvalue weighted by atomic mass is 10.1. The summed E-state index contributed by atoms with van der Waals surface area (Å²) in [5.74, 6) is -1.67. The van der Waals surface area contributed by atoms with Crippen LogP contribution < -0.4 is 0 Å². The van der Waals surface area contributed by atoms with Gasteiger partial charge in [0.2, 0.25) is 0 Å². The molecule has 570 valence electrons. The highest BCUT2D eigenvalue weighted by Gasteiger charge is 2.29. The Balaban J connectivity index is 4.76. The predicted molar refractivity (Wildman–Crippen MR) is 417 cm³/mol. The van der Waals surface area contributed by atoms with E-state index in [9.17, 15) is 43.5 Å². The van der Waals surface area contributed by atoms with Gasteiger partial charge in [0.25, 0.3) is 0 Å². The normalized spacial score (nSPS) is 15.1. The summed E-state index contributed by atoms with van der Waals surface area (Å²) >= 11 is 0. The number of ether oxygens (including phenoxy) is 3. The second kappa shape index (κ2) is 74.1. The Kier molecular flexibility index (Phi) is 70.0. The van der Waals surface area contributed by atoms with Crippen LogP contribution in [-0.2, 0) is 55.8 Å². The molecule has 0 aromatic heterocycles. The van der Waals surface area contributed by atoms with Crippen molar-refractivity contribution in [2.24, 2.45) is 0 Å². The van der Waals surface area contributed by atoms with Gasteiger partial charge in [0.05, 0.1) is 26.4 Å². The summed E-state index contributed by atoms with van der Waals surface area (Å²) in [6, 6.07) is 0. The first kappa shape index (κ1) is 95.4. The quantitative estimate of drug-likeness (QED) is 0.0146. The van der Waals surface area contributed by atoms with Gasteiger partial charge in [-0.2, -0.15) is 0 Å². The number of carbonyl (C=O) groups is 3. The topological polar surface area (TPSA) is 231 Å². The number of carbonyl (C=O) groups excluding carboxylic acids is 3. The minimum absolute atomic E-state index is 0.0695. The van der Waals surface area contributed by atoms with Crippen LogP contribution >= 0.6 is 15.6 Å². The lowest BCUT2D eigenvalue weighted by Crippen LogP contribution is -2.30. The molecule has 101 heavy (non-hydrogen) atoms. The summed E-state index contributed by atoms with van der Waals surface area (Å²) in [6.45, 7) is 2.22. The van der Waals surface area contributed by atoms with E-state index in [1.165, 1.54) is 0 Å². The molecule has 0 spiro atoms. The number of rotatable bonds is 69. The monoisotopic (exact) mass is 1450 g/mol. The highest BCUT2D eigenvalue weighted by Crippen LogP contribution is 2.45. The first-order valence-corrected chi connectivity index (χ1v) is 40.7. The van der Waals surface area contributed by atoms with E-state index in [2.05, 4.69) is 215 Å². The van der Waals surface area contributed by atoms with E-state index in [0.717, 1.165) is 193 Å². The van der Waals surface area contributed by atoms with Gasteiger partial charge in [0.15, 0.2) is 6.10 Å². The average molecular weight is 1450 g/mol. The minimum atomic E-state index is -4.96. The van der Waals surface area contributed by atoms with Crippen LogP contribution in [0.5, 0.6) is 0 Å². The van der Waals surface area contributed by atoms with Gasteiger partial charge in [0, 0.05) is 19.3 Å². The van der Waals surface area contributed by atoms with Crippen LogP contribution in [0.1, 0.15) is 252 Å². The van der Waals surface area contributed by atoms with E-state index in [0.29, 0.717) is 19.3 Å². The molecule has 0 aliphatic heterocycles. The van der Waals surface area contributed by atoms with E-state index in [1.54, 1.807) is 0 Å².